The molecule has 0 atom stereocenters. The Balaban J connectivity index is 1.18. The average Bonchev–Trinajstić information content (AvgIpc) is 3.62. The van der Waals surface area contributed by atoms with E-state index in [2.05, 4.69) is 26.7 Å². The van der Waals surface area contributed by atoms with E-state index in [9.17, 15) is 0 Å². The third kappa shape index (κ3) is 5.69. The number of fused-ring (bicyclic) bond motifs is 1. The lowest BCUT2D eigenvalue weighted by molar-refractivity contribution is 0.174. The van der Waals surface area contributed by atoms with Crippen LogP contribution in [0.3, 0.4) is 0 Å². The summed E-state index contributed by atoms with van der Waals surface area (Å²) in [6.45, 7) is 7.40. The molecule has 36 heavy (non-hydrogen) atoms. The quantitative estimate of drug-likeness (QED) is 0.121. The molecule has 0 spiro atoms. The van der Waals surface area contributed by atoms with Crippen LogP contribution in [-0.4, -0.2) is 33.1 Å². The number of benzene rings is 2. The summed E-state index contributed by atoms with van der Waals surface area (Å²) >= 11 is 9.27. The summed E-state index contributed by atoms with van der Waals surface area (Å²) < 4.78 is 18.9. The molecule has 0 aliphatic carbocycles. The van der Waals surface area contributed by atoms with Gasteiger partial charge in [0.1, 0.15) is 16.6 Å². The molecule has 0 fully saturated rings. The van der Waals surface area contributed by atoms with E-state index in [-0.39, 0.29) is 6.79 Å². The number of aromatic nitrogens is 4. The molecule has 0 saturated carbocycles. The Hall–Kier alpha value is -3.01. The highest BCUT2D eigenvalue weighted by atomic mass is 35.5. The second kappa shape index (κ2) is 11.4. The molecule has 0 radical (unpaired) electrons. The zero-order valence-corrected chi connectivity index (χ0v) is 22.2. The summed E-state index contributed by atoms with van der Waals surface area (Å²) in [5, 5.41) is 13.5. The lowest BCUT2D eigenvalue weighted by Crippen LogP contribution is -2.07. The highest BCUT2D eigenvalue weighted by molar-refractivity contribution is 7.98. The second-order valence-corrected chi connectivity index (χ2v) is 10.4. The van der Waals surface area contributed by atoms with Crippen molar-refractivity contribution in [1.82, 2.24) is 19.7 Å². The minimum absolute atomic E-state index is 0.265. The number of nitrogens with zero attached hydrogens (tertiary/aromatic N) is 4. The molecule has 1 aliphatic rings. The van der Waals surface area contributed by atoms with Crippen LogP contribution >= 0.6 is 34.7 Å². The van der Waals surface area contributed by atoms with Crippen molar-refractivity contribution in [1.29, 1.82) is 0 Å². The van der Waals surface area contributed by atoms with E-state index in [4.69, 9.17) is 30.8 Å². The van der Waals surface area contributed by atoms with Gasteiger partial charge in [0.15, 0.2) is 16.7 Å². The molecule has 0 unspecified atom stereocenters. The fourth-order valence-corrected chi connectivity index (χ4v) is 5.79. The molecule has 0 amide bonds. The highest BCUT2D eigenvalue weighted by Crippen LogP contribution is 2.37. The van der Waals surface area contributed by atoms with Gasteiger partial charge in [-0.15, -0.1) is 28.1 Å². The summed E-state index contributed by atoms with van der Waals surface area (Å²) in [6.07, 6.45) is 3.46. The molecule has 10 heteroatoms. The van der Waals surface area contributed by atoms with E-state index >= 15 is 0 Å². The molecule has 186 valence electrons. The zero-order valence-electron chi connectivity index (χ0n) is 19.8. The maximum absolute atomic E-state index is 6.02. The van der Waals surface area contributed by atoms with Gasteiger partial charge in [0.25, 0.3) is 0 Å². The molecular weight excluding hydrogens is 516 g/mol. The number of ether oxygens (including phenoxy) is 3. The first kappa shape index (κ1) is 24.7. The summed E-state index contributed by atoms with van der Waals surface area (Å²) in [5.74, 6) is 4.02. The van der Waals surface area contributed by atoms with Gasteiger partial charge in [-0.25, -0.2) is 4.98 Å². The fraction of sp³-hybridized carbons (Fsp3) is 0.269. The molecule has 0 bridgehead atoms. The van der Waals surface area contributed by atoms with Crippen LogP contribution in [-0.2, 0) is 18.7 Å². The monoisotopic (exact) mass is 540 g/mol. The molecule has 4 aromatic rings. The van der Waals surface area contributed by atoms with Gasteiger partial charge in [0.05, 0.1) is 12.3 Å². The Morgan fingerprint density at radius 2 is 2.08 bits per heavy atom. The van der Waals surface area contributed by atoms with E-state index in [1.54, 1.807) is 23.1 Å². The van der Waals surface area contributed by atoms with Crippen molar-refractivity contribution in [2.45, 2.75) is 37.2 Å². The standard InChI is InChI=1S/C26H25ClN4O3S2/c1-3-10-31-24(5-4-11-32-21-9-7-19(27)12-17(21)2)29-30-26(31)36-15-20-14-35-25(28-20)18-6-8-22-23(13-18)34-16-33-22/h3,6-9,12-14H,1,4-5,10-11,15-16H2,2H3. The smallest absolute Gasteiger partial charge is 0.231 e. The van der Waals surface area contributed by atoms with Gasteiger partial charge in [0, 0.05) is 34.7 Å². The number of hydrogen-bond donors (Lipinski definition) is 0. The predicted octanol–water partition coefficient (Wildman–Crippen LogP) is 6.58. The van der Waals surface area contributed by atoms with Crippen molar-refractivity contribution in [2.24, 2.45) is 0 Å². The van der Waals surface area contributed by atoms with Crippen LogP contribution in [0.5, 0.6) is 17.2 Å². The SMILES string of the molecule is C=CCn1c(CCCOc2ccc(Cl)cc2C)nnc1SCc1csc(-c2ccc3c(c2)OCO3)n1. The second-order valence-electron chi connectivity index (χ2n) is 8.16. The number of thioether (sulfide) groups is 1. The highest BCUT2D eigenvalue weighted by Gasteiger charge is 2.16. The van der Waals surface area contributed by atoms with Gasteiger partial charge >= 0.3 is 0 Å². The topological polar surface area (TPSA) is 71.3 Å². The number of aryl methyl sites for hydroxylation is 2. The minimum atomic E-state index is 0.265. The Morgan fingerprint density at radius 1 is 1.19 bits per heavy atom. The lowest BCUT2D eigenvalue weighted by Gasteiger charge is -2.10. The summed E-state index contributed by atoms with van der Waals surface area (Å²) in [6, 6.07) is 11.6. The third-order valence-electron chi connectivity index (χ3n) is 5.56. The van der Waals surface area contributed by atoms with E-state index in [0.29, 0.717) is 23.9 Å². The maximum Gasteiger partial charge on any atom is 0.231 e. The van der Waals surface area contributed by atoms with E-state index < -0.39 is 0 Å². The van der Waals surface area contributed by atoms with Crippen LogP contribution in [0.15, 0.2) is 59.6 Å². The average molecular weight is 541 g/mol. The molecule has 5 rings (SSSR count). The first-order valence-corrected chi connectivity index (χ1v) is 13.7. The Morgan fingerprint density at radius 3 is 2.94 bits per heavy atom. The van der Waals surface area contributed by atoms with Gasteiger partial charge in [0.2, 0.25) is 6.79 Å². The zero-order chi connectivity index (χ0) is 24.9. The third-order valence-corrected chi connectivity index (χ3v) is 7.74. The van der Waals surface area contributed by atoms with Crippen LogP contribution in [0.25, 0.3) is 10.6 Å². The first-order valence-electron chi connectivity index (χ1n) is 11.5. The maximum atomic E-state index is 6.02. The molecule has 0 N–H and O–H groups in total. The summed E-state index contributed by atoms with van der Waals surface area (Å²) in [4.78, 5) is 4.80. The van der Waals surface area contributed by atoms with Crippen LogP contribution in [0, 0.1) is 6.92 Å². The predicted molar refractivity (Wildman–Crippen MR) is 143 cm³/mol. The molecule has 3 heterocycles. The van der Waals surface area contributed by atoms with Crippen LogP contribution < -0.4 is 14.2 Å². The lowest BCUT2D eigenvalue weighted by atomic mass is 10.2. The largest absolute Gasteiger partial charge is 0.493 e. The Bertz CT molecular complexity index is 1370. The van der Waals surface area contributed by atoms with Crippen molar-refractivity contribution < 1.29 is 14.2 Å². The first-order chi connectivity index (χ1) is 17.6. The molecular formula is C26H25ClN4O3S2. The molecule has 7 nitrogen and oxygen atoms in total. The van der Waals surface area contributed by atoms with Crippen LogP contribution in [0.4, 0.5) is 0 Å². The molecule has 0 saturated heterocycles. The Kier molecular flexibility index (Phi) is 7.79. The van der Waals surface area contributed by atoms with Crippen molar-refractivity contribution in [3.63, 3.8) is 0 Å². The number of hydrogen-bond acceptors (Lipinski definition) is 8. The van der Waals surface area contributed by atoms with Gasteiger partial charge < -0.3 is 18.8 Å². The van der Waals surface area contributed by atoms with Crippen molar-refractivity contribution in [3.8, 4) is 27.8 Å². The van der Waals surface area contributed by atoms with Gasteiger partial charge in [-0.1, -0.05) is 29.4 Å². The number of rotatable bonds is 11. The molecule has 1 aliphatic heterocycles. The molecule has 2 aromatic heterocycles. The van der Waals surface area contributed by atoms with Gasteiger partial charge in [-0.3, -0.25) is 0 Å². The van der Waals surface area contributed by atoms with Crippen molar-refractivity contribution >= 4 is 34.7 Å². The summed E-state index contributed by atoms with van der Waals surface area (Å²) in [5.41, 5.74) is 3.05. The van der Waals surface area contributed by atoms with E-state index in [1.807, 2.05) is 49.4 Å². The van der Waals surface area contributed by atoms with Crippen LogP contribution in [0.1, 0.15) is 23.5 Å². The van der Waals surface area contributed by atoms with Gasteiger partial charge in [-0.05, 0) is 55.3 Å². The van der Waals surface area contributed by atoms with Gasteiger partial charge in [-0.2, -0.15) is 0 Å². The van der Waals surface area contributed by atoms with E-state index in [1.165, 1.54) is 0 Å². The van der Waals surface area contributed by atoms with Crippen molar-refractivity contribution in [3.05, 3.63) is 76.5 Å². The minimum Gasteiger partial charge on any atom is -0.493 e. The fourth-order valence-electron chi connectivity index (χ4n) is 3.78. The van der Waals surface area contributed by atoms with Crippen LogP contribution in [0.2, 0.25) is 5.02 Å². The molecule has 2 aromatic carbocycles. The van der Waals surface area contributed by atoms with E-state index in [0.717, 1.165) is 62.9 Å². The van der Waals surface area contributed by atoms with Crippen molar-refractivity contribution in [2.75, 3.05) is 13.4 Å². The number of thiazole rings is 1. The Labute approximate surface area is 223 Å². The normalized spacial score (nSPS) is 12.2. The number of halogens is 1. The number of allylic oxidation sites excluding steroid dienone is 1. The summed E-state index contributed by atoms with van der Waals surface area (Å²) in [7, 11) is 0.